The summed E-state index contributed by atoms with van der Waals surface area (Å²) in [4.78, 5) is 22.6. The molecule has 8 heteroatoms. The fourth-order valence-corrected chi connectivity index (χ4v) is 4.32. The molecule has 1 atom stereocenters. The van der Waals surface area contributed by atoms with Gasteiger partial charge in [-0.15, -0.1) is 0 Å². The Bertz CT molecular complexity index is 585. The van der Waals surface area contributed by atoms with Gasteiger partial charge in [0.15, 0.2) is 0 Å². The Morgan fingerprint density at radius 2 is 2.26 bits per heavy atom. The van der Waals surface area contributed by atoms with Gasteiger partial charge in [-0.05, 0) is 0 Å². The van der Waals surface area contributed by atoms with Crippen LogP contribution in [0.5, 0.6) is 5.75 Å². The topological polar surface area (TPSA) is 102 Å². The van der Waals surface area contributed by atoms with Crippen molar-refractivity contribution in [2.45, 2.75) is 13.3 Å². The maximum absolute atomic E-state index is 11.7. The Morgan fingerprint density at radius 1 is 1.53 bits per heavy atom. The first-order valence-corrected chi connectivity index (χ1v) is 9.29. The molecule has 0 saturated carbocycles. The van der Waals surface area contributed by atoms with Crippen molar-refractivity contribution in [3.05, 3.63) is 27.3 Å². The second kappa shape index (κ2) is 5.21. The zero-order valence-corrected chi connectivity index (χ0v) is 12.2. The van der Waals surface area contributed by atoms with E-state index in [4.69, 9.17) is 4.74 Å². The summed E-state index contributed by atoms with van der Waals surface area (Å²) in [5, 5.41) is 2.49. The second-order valence-electron chi connectivity index (χ2n) is 3.76. The van der Waals surface area contributed by atoms with Gasteiger partial charge in [0.05, 0.1) is 0 Å². The molecule has 1 aromatic rings. The molecule has 0 bridgehead atoms. The van der Waals surface area contributed by atoms with E-state index in [9.17, 15) is 16.1 Å². The van der Waals surface area contributed by atoms with Crippen molar-refractivity contribution < 1.29 is 23.9 Å². The third-order valence-corrected chi connectivity index (χ3v) is 5.68. The van der Waals surface area contributed by atoms with Crippen LogP contribution in [0.25, 0.3) is 0 Å². The molecule has 1 unspecified atom stereocenters. The Balaban J connectivity index is 2.20. The molecule has 0 fully saturated rings. The molecule has 2 N–H and O–H groups in total. The van der Waals surface area contributed by atoms with E-state index in [1.54, 1.807) is 0 Å². The van der Waals surface area contributed by atoms with E-state index >= 15 is 0 Å². The number of hydrogen-bond acceptors (Lipinski definition) is 5. The van der Waals surface area contributed by atoms with Crippen LogP contribution in [-0.2, 0) is 6.14 Å². The van der Waals surface area contributed by atoms with Crippen LogP contribution in [0.1, 0.15) is 23.7 Å². The molecule has 0 saturated heterocycles. The fraction of sp³-hybridized carbons (Fsp3) is 0.273. The van der Waals surface area contributed by atoms with E-state index in [1.165, 1.54) is 18.2 Å². The Kier molecular flexibility index (Phi) is 3.80. The first-order chi connectivity index (χ1) is 8.94. The van der Waals surface area contributed by atoms with Gasteiger partial charge in [-0.3, -0.25) is 0 Å². The predicted octanol–water partition coefficient (Wildman–Crippen LogP) is 1.73. The molecule has 1 heterocycles. The summed E-state index contributed by atoms with van der Waals surface area (Å²) in [5.41, 5.74) is 0.0372. The molecule has 7 nitrogen and oxygen atoms in total. The van der Waals surface area contributed by atoms with Crippen LogP contribution in [0, 0.1) is 3.57 Å². The molecule has 2 rings (SSSR count). The molecule has 104 valence electrons. The van der Waals surface area contributed by atoms with E-state index < -0.39 is 31.3 Å². The van der Waals surface area contributed by atoms with E-state index in [0.717, 1.165) is 6.42 Å². The first kappa shape index (κ1) is 13.9. The number of benzene rings is 1. The van der Waals surface area contributed by atoms with Crippen molar-refractivity contribution in [2.75, 3.05) is 6.54 Å². The van der Waals surface area contributed by atoms with Gasteiger partial charge in [0, 0.05) is 0 Å². The van der Waals surface area contributed by atoms with Crippen molar-refractivity contribution >= 4 is 31.3 Å². The SMILES string of the molecule is CCCNC(=O)Oc1ccc2c(c1)I(=O)(O)OC2=O. The molecule has 19 heavy (non-hydrogen) atoms. The summed E-state index contributed by atoms with van der Waals surface area (Å²) >= 11 is -4.89. The van der Waals surface area contributed by atoms with Crippen LogP contribution in [0.15, 0.2) is 18.2 Å². The van der Waals surface area contributed by atoms with Crippen LogP contribution in [0.4, 0.5) is 4.79 Å². The molecule has 1 aliphatic heterocycles. The number of carbonyl (C=O) groups is 2. The molecule has 1 aliphatic rings. The van der Waals surface area contributed by atoms with Gasteiger partial charge in [0.1, 0.15) is 0 Å². The summed E-state index contributed by atoms with van der Waals surface area (Å²) < 4.78 is 30.5. The number of hydrogen-bond donors (Lipinski definition) is 2. The van der Waals surface area contributed by atoms with Gasteiger partial charge in [0.2, 0.25) is 0 Å². The third-order valence-electron chi connectivity index (χ3n) is 2.32. The second-order valence-corrected chi connectivity index (χ2v) is 7.88. The Hall–Kier alpha value is -1.55. The monoisotopic (exact) mass is 381 g/mol. The van der Waals surface area contributed by atoms with E-state index in [2.05, 4.69) is 8.38 Å². The van der Waals surface area contributed by atoms with Crippen LogP contribution in [0.3, 0.4) is 0 Å². The molecule has 1 amide bonds. The summed E-state index contributed by atoms with van der Waals surface area (Å²) in [6.07, 6.45) is 0.102. The third kappa shape index (κ3) is 2.89. The first-order valence-electron chi connectivity index (χ1n) is 5.49. The summed E-state index contributed by atoms with van der Waals surface area (Å²) in [7, 11) is 0. The average molecular weight is 381 g/mol. The molecule has 1 aromatic carbocycles. The van der Waals surface area contributed by atoms with Crippen LogP contribution in [0.2, 0.25) is 0 Å². The summed E-state index contributed by atoms with van der Waals surface area (Å²) in [6, 6.07) is 3.86. The Labute approximate surface area is 113 Å². The molecular formula is C11H12INO6. The quantitative estimate of drug-likeness (QED) is 0.774. The maximum atomic E-state index is 11.7. The van der Waals surface area contributed by atoms with Crippen LogP contribution < -0.4 is 10.1 Å². The minimum atomic E-state index is -4.89. The number of ether oxygens (including phenoxy) is 1. The number of fused-ring (bicyclic) bond motifs is 1. The van der Waals surface area contributed by atoms with Crippen molar-refractivity contribution in [1.29, 1.82) is 0 Å². The minimum absolute atomic E-state index is 0.0372. The predicted molar refractivity (Wildman–Crippen MR) is 71.8 cm³/mol. The molecular weight excluding hydrogens is 369 g/mol. The summed E-state index contributed by atoms with van der Waals surface area (Å²) in [6.45, 7) is 2.36. The Morgan fingerprint density at radius 3 is 2.95 bits per heavy atom. The van der Waals surface area contributed by atoms with Gasteiger partial charge in [-0.25, -0.2) is 0 Å². The number of halogens is 1. The van der Waals surface area contributed by atoms with Crippen molar-refractivity contribution in [3.8, 4) is 5.75 Å². The number of amides is 1. The van der Waals surface area contributed by atoms with Crippen LogP contribution in [-0.4, -0.2) is 22.0 Å². The van der Waals surface area contributed by atoms with Gasteiger partial charge in [-0.1, -0.05) is 0 Å². The number of rotatable bonds is 3. The molecule has 0 aromatic heterocycles. The van der Waals surface area contributed by atoms with E-state index in [-0.39, 0.29) is 14.9 Å². The fourth-order valence-electron chi connectivity index (χ4n) is 1.47. The molecule has 0 spiro atoms. The van der Waals surface area contributed by atoms with Gasteiger partial charge >= 0.3 is 113 Å². The van der Waals surface area contributed by atoms with Gasteiger partial charge in [0.25, 0.3) is 0 Å². The van der Waals surface area contributed by atoms with Crippen LogP contribution >= 0.6 is 19.3 Å². The van der Waals surface area contributed by atoms with Gasteiger partial charge < -0.3 is 0 Å². The average Bonchev–Trinajstić information content (AvgIpc) is 2.57. The van der Waals surface area contributed by atoms with Gasteiger partial charge in [-0.2, -0.15) is 0 Å². The zero-order valence-electron chi connectivity index (χ0n) is 10.0. The van der Waals surface area contributed by atoms with Crippen molar-refractivity contribution in [3.63, 3.8) is 0 Å². The van der Waals surface area contributed by atoms with E-state index in [0.29, 0.717) is 6.54 Å². The number of nitrogens with one attached hydrogen (secondary N) is 1. The standard InChI is InChI=1S/C11H12INO6/c1-2-5-13-11(15)18-7-3-4-8-9(6-7)12(16,17)19-10(8)14/h3-4,6H,2,5H2,1H3,(H,13,15)(H,16,17). The molecule has 0 radical (unpaired) electrons. The van der Waals surface area contributed by atoms with E-state index in [1.807, 2.05) is 6.92 Å². The zero-order chi connectivity index (χ0) is 14.0. The summed E-state index contributed by atoms with van der Waals surface area (Å²) in [5.74, 6) is -0.741. The number of carbonyl (C=O) groups excluding carboxylic acids is 2. The van der Waals surface area contributed by atoms with Crippen molar-refractivity contribution in [1.82, 2.24) is 5.32 Å². The van der Waals surface area contributed by atoms with Crippen molar-refractivity contribution in [2.24, 2.45) is 0 Å². The molecule has 0 aliphatic carbocycles. The normalized spacial score (nSPS) is 24.0.